The quantitative estimate of drug-likeness (QED) is 0.716. The smallest absolute Gasteiger partial charge is 0.273 e. The first-order chi connectivity index (χ1) is 13.6. The molecule has 142 valence electrons. The van der Waals surface area contributed by atoms with Crippen molar-refractivity contribution in [3.8, 4) is 5.75 Å². The highest BCUT2D eigenvalue weighted by atomic mass is 32.1. The van der Waals surface area contributed by atoms with Gasteiger partial charge in [0.1, 0.15) is 23.0 Å². The van der Waals surface area contributed by atoms with Crippen molar-refractivity contribution in [3.63, 3.8) is 0 Å². The number of amides is 1. The third-order valence-electron chi connectivity index (χ3n) is 4.48. The topological polar surface area (TPSA) is 83.9 Å². The Balaban J connectivity index is 1.59. The summed E-state index contributed by atoms with van der Waals surface area (Å²) in [6.45, 7) is 1.51. The van der Waals surface area contributed by atoms with E-state index in [1.54, 1.807) is 12.1 Å². The van der Waals surface area contributed by atoms with Crippen LogP contribution in [0.1, 0.15) is 13.3 Å². The lowest BCUT2D eigenvalue weighted by Crippen LogP contribution is -2.33. The number of ketones is 1. The molecule has 0 radical (unpaired) electrons. The highest BCUT2D eigenvalue weighted by Crippen LogP contribution is 2.32. The van der Waals surface area contributed by atoms with Gasteiger partial charge in [-0.15, -0.1) is 0 Å². The molecule has 1 amide bonds. The fourth-order valence-corrected chi connectivity index (χ4v) is 3.97. The molecule has 28 heavy (non-hydrogen) atoms. The predicted octanol–water partition coefficient (Wildman–Crippen LogP) is 3.47. The monoisotopic (exact) mass is 394 g/mol. The van der Waals surface area contributed by atoms with Crippen molar-refractivity contribution in [3.05, 3.63) is 48.5 Å². The number of carbonyl (C=O) groups is 2. The molecule has 0 spiro atoms. The number of nitrogens with one attached hydrogen (secondary N) is 1. The van der Waals surface area contributed by atoms with E-state index in [4.69, 9.17) is 4.74 Å². The average Bonchev–Trinajstić information content (AvgIpc) is 3.32. The van der Waals surface area contributed by atoms with Gasteiger partial charge < -0.3 is 4.74 Å². The van der Waals surface area contributed by atoms with Gasteiger partial charge in [-0.25, -0.2) is 4.98 Å². The van der Waals surface area contributed by atoms with Crippen LogP contribution in [0.5, 0.6) is 5.75 Å². The van der Waals surface area contributed by atoms with Gasteiger partial charge >= 0.3 is 0 Å². The van der Waals surface area contributed by atoms with E-state index in [1.807, 2.05) is 48.5 Å². The summed E-state index contributed by atoms with van der Waals surface area (Å²) in [5, 5.41) is 9.29. The van der Waals surface area contributed by atoms with E-state index in [0.29, 0.717) is 22.1 Å². The van der Waals surface area contributed by atoms with Crippen LogP contribution in [0.4, 0.5) is 10.8 Å². The highest BCUT2D eigenvalue weighted by molar-refractivity contribution is 7.22. The molecule has 0 bridgehead atoms. The summed E-state index contributed by atoms with van der Waals surface area (Å²) in [5.74, 6) is 0.252. The number of nitrogens with zero attached hydrogens (tertiary/aromatic N) is 3. The van der Waals surface area contributed by atoms with E-state index < -0.39 is 6.04 Å². The predicted molar refractivity (Wildman–Crippen MR) is 110 cm³/mol. The average molecular weight is 394 g/mol. The summed E-state index contributed by atoms with van der Waals surface area (Å²) < 4.78 is 6.23. The Hall–Kier alpha value is -3.26. The molecule has 2 aromatic carbocycles. The lowest BCUT2D eigenvalue weighted by atomic mass is 10.1. The molecule has 0 fully saturated rings. The summed E-state index contributed by atoms with van der Waals surface area (Å²) in [6, 6.07) is 14.5. The van der Waals surface area contributed by atoms with E-state index in [1.165, 1.54) is 18.3 Å². The van der Waals surface area contributed by atoms with Gasteiger partial charge in [0.2, 0.25) is 0 Å². The largest absolute Gasteiger partial charge is 0.494 e. The number of hydrogen-bond donors (Lipinski definition) is 1. The number of hydrogen-bond acceptors (Lipinski definition) is 7. The molecule has 0 saturated heterocycles. The first-order valence-electron chi connectivity index (χ1n) is 8.74. The van der Waals surface area contributed by atoms with Crippen LogP contribution >= 0.6 is 11.3 Å². The molecule has 1 aliphatic rings. The number of aromatic nitrogens is 1. The Morgan fingerprint density at radius 1 is 1.18 bits per heavy atom. The van der Waals surface area contributed by atoms with Crippen molar-refractivity contribution in [1.29, 1.82) is 0 Å². The second-order valence-electron chi connectivity index (χ2n) is 6.34. The minimum atomic E-state index is -0.487. The number of ether oxygens (including phenoxy) is 1. The van der Waals surface area contributed by atoms with Gasteiger partial charge in [-0.05, 0) is 31.2 Å². The number of Topliss-reactive ketones (excluding diaryl/α,β-unsaturated/α-hetero) is 1. The van der Waals surface area contributed by atoms with Crippen molar-refractivity contribution >= 4 is 49.8 Å². The number of rotatable bonds is 5. The first kappa shape index (κ1) is 18.1. The van der Waals surface area contributed by atoms with Crippen LogP contribution in [0.15, 0.2) is 53.6 Å². The third-order valence-corrected chi connectivity index (χ3v) is 5.42. The number of fused-ring (bicyclic) bond motifs is 1. The maximum atomic E-state index is 12.7. The standard InChI is InChI=1S/C20H18N4O3S/c1-12(25)15-11-14(23-24(15)13-7-4-3-5-8-13)19(26)22-20-21-18-16(27-2)9-6-10-17(18)28-20/h3-10,15H,11H2,1-2H3,(H,21,22,26). The molecule has 0 aliphatic carbocycles. The van der Waals surface area contributed by atoms with Gasteiger partial charge in [-0.2, -0.15) is 5.10 Å². The summed E-state index contributed by atoms with van der Waals surface area (Å²) in [7, 11) is 1.58. The van der Waals surface area contributed by atoms with Crippen LogP contribution in [0.3, 0.4) is 0 Å². The van der Waals surface area contributed by atoms with Crippen molar-refractivity contribution in [1.82, 2.24) is 4.98 Å². The number of benzene rings is 2. The number of carbonyl (C=O) groups excluding carboxylic acids is 2. The molecule has 7 nitrogen and oxygen atoms in total. The van der Waals surface area contributed by atoms with Gasteiger partial charge in [0.15, 0.2) is 10.9 Å². The Kier molecular flexibility index (Phi) is 4.79. The maximum Gasteiger partial charge on any atom is 0.273 e. The minimum absolute atomic E-state index is 0.0415. The Labute approximate surface area is 165 Å². The number of thiazole rings is 1. The van der Waals surface area contributed by atoms with Crippen molar-refractivity contribution < 1.29 is 14.3 Å². The molecular weight excluding hydrogens is 376 g/mol. The number of methoxy groups -OCH3 is 1. The molecule has 3 aromatic rings. The molecule has 1 unspecified atom stereocenters. The van der Waals surface area contributed by atoms with Gasteiger partial charge in [0, 0.05) is 6.42 Å². The molecular formula is C20H18N4O3S. The van der Waals surface area contributed by atoms with E-state index >= 15 is 0 Å². The van der Waals surface area contributed by atoms with E-state index in [0.717, 1.165) is 10.4 Å². The Bertz CT molecular complexity index is 1080. The second kappa shape index (κ2) is 7.40. The van der Waals surface area contributed by atoms with Gasteiger partial charge in [-0.1, -0.05) is 35.6 Å². The summed E-state index contributed by atoms with van der Waals surface area (Å²) in [6.07, 6.45) is 0.254. The lowest BCUT2D eigenvalue weighted by Gasteiger charge is -2.20. The van der Waals surface area contributed by atoms with Crippen molar-refractivity contribution in [2.24, 2.45) is 5.10 Å². The van der Waals surface area contributed by atoms with Crippen LogP contribution in [-0.4, -0.2) is 35.5 Å². The zero-order chi connectivity index (χ0) is 19.7. The van der Waals surface area contributed by atoms with Crippen molar-refractivity contribution in [2.45, 2.75) is 19.4 Å². The fraction of sp³-hybridized carbons (Fsp3) is 0.200. The van der Waals surface area contributed by atoms with Gasteiger partial charge in [0.25, 0.3) is 5.91 Å². The molecule has 4 rings (SSSR count). The number of hydrazone groups is 1. The van der Waals surface area contributed by atoms with E-state index in [9.17, 15) is 9.59 Å². The molecule has 8 heteroatoms. The second-order valence-corrected chi connectivity index (χ2v) is 7.37. The van der Waals surface area contributed by atoms with Crippen LogP contribution in [-0.2, 0) is 9.59 Å². The van der Waals surface area contributed by atoms with Gasteiger partial charge in [-0.3, -0.25) is 19.9 Å². The zero-order valence-corrected chi connectivity index (χ0v) is 16.2. The maximum absolute atomic E-state index is 12.7. The molecule has 0 saturated carbocycles. The van der Waals surface area contributed by atoms with Crippen molar-refractivity contribution in [2.75, 3.05) is 17.4 Å². The minimum Gasteiger partial charge on any atom is -0.494 e. The summed E-state index contributed by atoms with van der Waals surface area (Å²) in [4.78, 5) is 29.3. The highest BCUT2D eigenvalue weighted by Gasteiger charge is 2.34. The Morgan fingerprint density at radius 3 is 2.68 bits per heavy atom. The molecule has 2 heterocycles. The summed E-state index contributed by atoms with van der Waals surface area (Å²) >= 11 is 1.36. The third kappa shape index (κ3) is 3.34. The number of para-hydroxylation sites is 2. The SMILES string of the molecule is COc1cccc2sc(NC(=O)C3=NN(c4ccccc4)C(C(C)=O)C3)nc12. The molecule has 1 atom stereocenters. The molecule has 1 aliphatic heterocycles. The van der Waals surface area contributed by atoms with E-state index in [2.05, 4.69) is 15.4 Å². The van der Waals surface area contributed by atoms with Crippen LogP contribution < -0.4 is 15.1 Å². The van der Waals surface area contributed by atoms with Crippen LogP contribution in [0, 0.1) is 0 Å². The normalized spacial score (nSPS) is 16.1. The van der Waals surface area contributed by atoms with Gasteiger partial charge in [0.05, 0.1) is 17.5 Å². The first-order valence-corrected chi connectivity index (χ1v) is 9.55. The summed E-state index contributed by atoms with van der Waals surface area (Å²) in [5.41, 5.74) is 1.77. The molecule has 1 aromatic heterocycles. The number of anilines is 2. The van der Waals surface area contributed by atoms with Crippen LogP contribution in [0.2, 0.25) is 0 Å². The lowest BCUT2D eigenvalue weighted by molar-refractivity contribution is -0.118. The molecule has 1 N–H and O–H groups in total. The zero-order valence-electron chi connectivity index (χ0n) is 15.4. The fourth-order valence-electron chi connectivity index (χ4n) is 3.09. The van der Waals surface area contributed by atoms with E-state index in [-0.39, 0.29) is 18.1 Å². The Morgan fingerprint density at radius 2 is 1.96 bits per heavy atom. The van der Waals surface area contributed by atoms with Crippen LogP contribution in [0.25, 0.3) is 10.2 Å².